The van der Waals surface area contributed by atoms with E-state index < -0.39 is 0 Å². The lowest BCUT2D eigenvalue weighted by Crippen LogP contribution is -2.49. The lowest BCUT2D eigenvalue weighted by molar-refractivity contribution is 0.0599. The Morgan fingerprint density at radius 2 is 1.77 bits per heavy atom. The molecule has 0 saturated carbocycles. The van der Waals surface area contributed by atoms with Crippen LogP contribution in [0.15, 0.2) is 76.9 Å². The Morgan fingerprint density at radius 1 is 0.903 bits per heavy atom. The number of hydrogen-bond acceptors (Lipinski definition) is 3. The van der Waals surface area contributed by atoms with Crippen LogP contribution in [0, 0.1) is 5.92 Å². The van der Waals surface area contributed by atoms with Crippen molar-refractivity contribution in [3.63, 3.8) is 0 Å². The van der Waals surface area contributed by atoms with E-state index >= 15 is 0 Å². The fourth-order valence-electron chi connectivity index (χ4n) is 5.24. The van der Waals surface area contributed by atoms with E-state index in [1.807, 2.05) is 51.2 Å². The lowest BCUT2D eigenvalue weighted by atomic mass is 9.82. The molecule has 0 unspecified atom stereocenters. The van der Waals surface area contributed by atoms with E-state index in [9.17, 15) is 9.59 Å². The normalized spacial score (nSPS) is 19.9. The Kier molecular flexibility index (Phi) is 4.32. The van der Waals surface area contributed by atoms with E-state index in [-0.39, 0.29) is 17.4 Å². The summed E-state index contributed by atoms with van der Waals surface area (Å²) in [5.41, 5.74) is 2.86. The van der Waals surface area contributed by atoms with Crippen molar-refractivity contribution in [2.75, 3.05) is 13.1 Å². The number of carbonyl (C=O) groups excluding carboxylic acids is 1. The number of pyridine rings is 1. The molecule has 2 bridgehead atoms. The third-order valence-corrected chi connectivity index (χ3v) is 7.54. The number of aromatic nitrogens is 1. The first-order valence-electron chi connectivity index (χ1n) is 10.7. The maximum Gasteiger partial charge on any atom is 0.263 e. The molecule has 0 spiro atoms. The summed E-state index contributed by atoms with van der Waals surface area (Å²) < 4.78 is 1.97. The number of thiophene rings is 1. The summed E-state index contributed by atoms with van der Waals surface area (Å²) in [6, 6.07) is 22.3. The number of carbonyl (C=O) groups is 1. The van der Waals surface area contributed by atoms with Gasteiger partial charge in [0.1, 0.15) is 0 Å². The molecule has 2 aromatic carbocycles. The second-order valence-corrected chi connectivity index (χ2v) is 9.58. The van der Waals surface area contributed by atoms with Crippen molar-refractivity contribution in [3.8, 4) is 11.1 Å². The van der Waals surface area contributed by atoms with Crippen LogP contribution in [0.25, 0.3) is 21.9 Å². The lowest BCUT2D eigenvalue weighted by Gasteiger charge is -2.42. The number of hydrogen-bond donors (Lipinski definition) is 0. The highest BCUT2D eigenvalue weighted by molar-refractivity contribution is 7.12. The van der Waals surface area contributed by atoms with Gasteiger partial charge in [-0.1, -0.05) is 42.5 Å². The molecule has 4 heterocycles. The maximum atomic E-state index is 13.5. The van der Waals surface area contributed by atoms with Gasteiger partial charge in [-0.2, -0.15) is 0 Å². The predicted molar refractivity (Wildman–Crippen MR) is 125 cm³/mol. The van der Waals surface area contributed by atoms with Crippen LogP contribution in [0.5, 0.6) is 0 Å². The highest BCUT2D eigenvalue weighted by Crippen LogP contribution is 2.36. The van der Waals surface area contributed by atoms with Crippen molar-refractivity contribution in [2.24, 2.45) is 5.92 Å². The number of rotatable bonds is 2. The van der Waals surface area contributed by atoms with Crippen molar-refractivity contribution in [2.45, 2.75) is 18.9 Å². The SMILES string of the molecule is O=C(c1cccs1)N1C[C@@H]2C[C@H](C1)c1ccc(-c3ccc4ccccc4c3)c(=O)n1C2. The van der Waals surface area contributed by atoms with Gasteiger partial charge in [0.05, 0.1) is 4.88 Å². The minimum absolute atomic E-state index is 0.0838. The fraction of sp³-hybridized carbons (Fsp3) is 0.231. The van der Waals surface area contributed by atoms with Gasteiger partial charge in [0.25, 0.3) is 11.5 Å². The molecule has 4 nitrogen and oxygen atoms in total. The molecular formula is C26H22N2O2S. The van der Waals surface area contributed by atoms with Gasteiger partial charge >= 0.3 is 0 Å². The van der Waals surface area contributed by atoms with Gasteiger partial charge in [-0.05, 0) is 58.3 Å². The molecule has 1 amide bonds. The number of nitrogens with zero attached hydrogens (tertiary/aromatic N) is 2. The second-order valence-electron chi connectivity index (χ2n) is 8.64. The third kappa shape index (κ3) is 3.12. The van der Waals surface area contributed by atoms with Gasteiger partial charge in [0, 0.05) is 36.8 Å². The third-order valence-electron chi connectivity index (χ3n) is 6.68. The molecule has 31 heavy (non-hydrogen) atoms. The van der Waals surface area contributed by atoms with Gasteiger partial charge in [-0.15, -0.1) is 11.3 Å². The molecule has 2 aromatic heterocycles. The number of fused-ring (bicyclic) bond motifs is 5. The average molecular weight is 427 g/mol. The number of amides is 1. The first kappa shape index (κ1) is 18.6. The second kappa shape index (κ2) is 7.20. The van der Waals surface area contributed by atoms with E-state index in [1.54, 1.807) is 0 Å². The van der Waals surface area contributed by atoms with Crippen LogP contribution in [0.3, 0.4) is 0 Å². The summed E-state index contributed by atoms with van der Waals surface area (Å²) in [4.78, 5) is 29.1. The topological polar surface area (TPSA) is 42.3 Å². The molecule has 4 aromatic rings. The van der Waals surface area contributed by atoms with E-state index in [2.05, 4.69) is 30.3 Å². The zero-order chi connectivity index (χ0) is 20.9. The molecule has 0 aliphatic carbocycles. The summed E-state index contributed by atoms with van der Waals surface area (Å²) in [6.07, 6.45) is 1.04. The molecule has 154 valence electrons. The van der Waals surface area contributed by atoms with E-state index in [4.69, 9.17) is 0 Å². The fourth-order valence-corrected chi connectivity index (χ4v) is 5.94. The van der Waals surface area contributed by atoms with Crippen molar-refractivity contribution in [1.82, 2.24) is 9.47 Å². The molecule has 0 N–H and O–H groups in total. The highest BCUT2D eigenvalue weighted by Gasteiger charge is 2.37. The van der Waals surface area contributed by atoms with Gasteiger partial charge < -0.3 is 9.47 Å². The predicted octanol–water partition coefficient (Wildman–Crippen LogP) is 4.99. The molecule has 1 saturated heterocycles. The van der Waals surface area contributed by atoms with Crippen molar-refractivity contribution in [3.05, 3.63) is 93.0 Å². The van der Waals surface area contributed by atoms with Crippen LogP contribution in [-0.4, -0.2) is 28.5 Å². The standard InChI is InChI=1S/C26H22N2O2S/c29-25-22(20-8-7-18-4-1-2-5-19(18)13-20)9-10-23-21-12-17(15-28(23)25)14-27(16-21)26(30)24-6-3-11-31-24/h1-11,13,17,21H,12,14-16H2/t17-,21+/m0/s1. The van der Waals surface area contributed by atoms with Gasteiger partial charge in [-0.3, -0.25) is 9.59 Å². The Morgan fingerprint density at radius 3 is 2.61 bits per heavy atom. The van der Waals surface area contributed by atoms with Crippen molar-refractivity contribution < 1.29 is 4.79 Å². The van der Waals surface area contributed by atoms with Gasteiger partial charge in [-0.25, -0.2) is 0 Å². The first-order valence-corrected chi connectivity index (χ1v) is 11.6. The van der Waals surface area contributed by atoms with Crippen LogP contribution >= 0.6 is 11.3 Å². The van der Waals surface area contributed by atoms with Crippen LogP contribution in [-0.2, 0) is 6.54 Å². The quantitative estimate of drug-likeness (QED) is 0.453. The maximum absolute atomic E-state index is 13.5. The largest absolute Gasteiger partial charge is 0.337 e. The Balaban J connectivity index is 1.35. The highest BCUT2D eigenvalue weighted by atomic mass is 32.1. The van der Waals surface area contributed by atoms with Gasteiger partial charge in [0.2, 0.25) is 0 Å². The Labute approximate surface area is 184 Å². The molecule has 2 aliphatic heterocycles. The minimum Gasteiger partial charge on any atom is -0.337 e. The monoisotopic (exact) mass is 426 g/mol. The molecule has 5 heteroatoms. The summed E-state index contributed by atoms with van der Waals surface area (Å²) in [6.45, 7) is 2.08. The van der Waals surface area contributed by atoms with E-state index in [0.29, 0.717) is 19.0 Å². The summed E-state index contributed by atoms with van der Waals surface area (Å²) in [5.74, 6) is 0.655. The van der Waals surface area contributed by atoms with Crippen LogP contribution in [0.1, 0.15) is 27.7 Å². The summed E-state index contributed by atoms with van der Waals surface area (Å²) in [7, 11) is 0. The number of benzene rings is 2. The number of piperidine rings is 1. The zero-order valence-corrected chi connectivity index (χ0v) is 17.8. The van der Waals surface area contributed by atoms with Crippen LogP contribution in [0.4, 0.5) is 0 Å². The van der Waals surface area contributed by atoms with Crippen molar-refractivity contribution in [1.29, 1.82) is 0 Å². The molecule has 1 fully saturated rings. The van der Waals surface area contributed by atoms with Gasteiger partial charge in [0.15, 0.2) is 0 Å². The molecule has 2 aliphatic rings. The minimum atomic E-state index is 0.0838. The molecule has 2 atom stereocenters. The Hall–Kier alpha value is -3.18. The molecule has 6 rings (SSSR count). The summed E-state index contributed by atoms with van der Waals surface area (Å²) in [5, 5.41) is 4.26. The average Bonchev–Trinajstić information content (AvgIpc) is 3.34. The Bertz CT molecular complexity index is 1360. The van der Waals surface area contributed by atoms with Crippen molar-refractivity contribution >= 4 is 28.0 Å². The smallest absolute Gasteiger partial charge is 0.263 e. The number of likely N-dealkylation sites (tertiary alicyclic amines) is 1. The molecular weight excluding hydrogens is 404 g/mol. The van der Waals surface area contributed by atoms with E-state index in [0.717, 1.165) is 40.0 Å². The zero-order valence-electron chi connectivity index (χ0n) is 17.0. The summed E-state index contributed by atoms with van der Waals surface area (Å²) >= 11 is 1.49. The first-order chi connectivity index (χ1) is 15.2. The van der Waals surface area contributed by atoms with E-state index in [1.165, 1.54) is 16.7 Å². The van der Waals surface area contributed by atoms with Crippen LogP contribution in [0.2, 0.25) is 0 Å². The van der Waals surface area contributed by atoms with Crippen LogP contribution < -0.4 is 5.56 Å². The molecule has 0 radical (unpaired) electrons.